The van der Waals surface area contributed by atoms with Gasteiger partial charge in [0.1, 0.15) is 5.82 Å². The molecule has 130 valence electrons. The average molecular weight is 339 g/mol. The Hall–Kier alpha value is -2.43. The number of rotatable bonds is 3. The number of halogens is 1. The molecule has 1 spiro atoms. The number of nitrogens with one attached hydrogen (secondary N) is 1. The molecule has 4 rings (SSSR count). The van der Waals surface area contributed by atoms with Gasteiger partial charge in [0.05, 0.1) is 5.69 Å². The molecule has 2 aliphatic rings. The van der Waals surface area contributed by atoms with Gasteiger partial charge in [0.2, 0.25) is 5.91 Å². The Morgan fingerprint density at radius 2 is 2.04 bits per heavy atom. The minimum atomic E-state index is -0.210. The van der Waals surface area contributed by atoms with Gasteiger partial charge in [-0.3, -0.25) is 9.78 Å². The Bertz CT molecular complexity index is 821. The lowest BCUT2D eigenvalue weighted by Gasteiger charge is -2.59. The minimum absolute atomic E-state index is 0.172. The van der Waals surface area contributed by atoms with Crippen LogP contribution in [-0.4, -0.2) is 34.9 Å². The molecular weight excluding hydrogens is 317 g/mol. The molecule has 1 aromatic carbocycles. The average Bonchev–Trinajstić information content (AvgIpc) is 2.51. The van der Waals surface area contributed by atoms with Crippen LogP contribution in [0.3, 0.4) is 0 Å². The number of amides is 1. The molecule has 1 aromatic heterocycles. The third kappa shape index (κ3) is 2.99. The predicted molar refractivity (Wildman–Crippen MR) is 95.7 cm³/mol. The number of aromatic nitrogens is 1. The number of pyridine rings is 1. The summed E-state index contributed by atoms with van der Waals surface area (Å²) in [5.74, 6) is -0.0373. The summed E-state index contributed by atoms with van der Waals surface area (Å²) in [6, 6.07) is 9.55. The van der Waals surface area contributed by atoms with Crippen LogP contribution in [0, 0.1) is 18.2 Å². The second-order valence-corrected chi connectivity index (χ2v) is 7.52. The standard InChI is InChI=1S/C20H22FN3O/c1-13-3-4-15(7-18(13)21)19-8-16(5-6-22-19)23-17-9-20(10-17)11-24(12-20)14(2)25/h3-8,17H,9-12H2,1-2H3,(H,22,23). The van der Waals surface area contributed by atoms with Crippen LogP contribution in [0.1, 0.15) is 25.3 Å². The highest BCUT2D eigenvalue weighted by Gasteiger charge is 2.53. The van der Waals surface area contributed by atoms with Gasteiger partial charge in [-0.25, -0.2) is 4.39 Å². The molecule has 0 radical (unpaired) electrons. The minimum Gasteiger partial charge on any atom is -0.382 e. The zero-order valence-electron chi connectivity index (χ0n) is 14.6. The van der Waals surface area contributed by atoms with Crippen LogP contribution >= 0.6 is 0 Å². The number of hydrogen-bond acceptors (Lipinski definition) is 3. The van der Waals surface area contributed by atoms with Gasteiger partial charge in [0.15, 0.2) is 0 Å². The number of nitrogens with zero attached hydrogens (tertiary/aromatic N) is 2. The van der Waals surface area contributed by atoms with Crippen molar-refractivity contribution in [1.29, 1.82) is 0 Å². The van der Waals surface area contributed by atoms with Crippen LogP contribution in [0.2, 0.25) is 0 Å². The first-order valence-corrected chi connectivity index (χ1v) is 8.69. The van der Waals surface area contributed by atoms with Crippen LogP contribution in [0.15, 0.2) is 36.5 Å². The van der Waals surface area contributed by atoms with Crippen LogP contribution < -0.4 is 5.32 Å². The van der Waals surface area contributed by atoms with E-state index in [1.165, 1.54) is 6.07 Å². The molecule has 1 aliphatic carbocycles. The summed E-state index contributed by atoms with van der Waals surface area (Å²) in [4.78, 5) is 17.6. The van der Waals surface area contributed by atoms with Crippen molar-refractivity contribution in [2.75, 3.05) is 18.4 Å². The number of aryl methyl sites for hydroxylation is 1. The molecule has 4 nitrogen and oxygen atoms in total. The van der Waals surface area contributed by atoms with Gasteiger partial charge in [-0.2, -0.15) is 0 Å². The summed E-state index contributed by atoms with van der Waals surface area (Å²) >= 11 is 0. The van der Waals surface area contributed by atoms with E-state index in [0.717, 1.165) is 42.9 Å². The summed E-state index contributed by atoms with van der Waals surface area (Å²) in [7, 11) is 0. The lowest BCUT2D eigenvalue weighted by Crippen LogP contribution is -2.65. The number of likely N-dealkylation sites (tertiary alicyclic amines) is 1. The van der Waals surface area contributed by atoms with Crippen molar-refractivity contribution >= 4 is 11.6 Å². The number of benzene rings is 1. The molecule has 2 heterocycles. The second-order valence-electron chi connectivity index (χ2n) is 7.52. The van der Waals surface area contributed by atoms with Crippen molar-refractivity contribution in [3.63, 3.8) is 0 Å². The lowest BCUT2D eigenvalue weighted by atomic mass is 9.60. The van der Waals surface area contributed by atoms with Gasteiger partial charge < -0.3 is 10.2 Å². The van der Waals surface area contributed by atoms with Crippen molar-refractivity contribution in [3.05, 3.63) is 47.9 Å². The molecule has 0 bridgehead atoms. The van der Waals surface area contributed by atoms with E-state index in [0.29, 0.717) is 17.0 Å². The van der Waals surface area contributed by atoms with Crippen LogP contribution in [0.5, 0.6) is 0 Å². The Kier molecular flexibility index (Phi) is 3.74. The van der Waals surface area contributed by atoms with E-state index in [1.54, 1.807) is 26.1 Å². The van der Waals surface area contributed by atoms with E-state index < -0.39 is 0 Å². The van der Waals surface area contributed by atoms with Gasteiger partial charge in [0.25, 0.3) is 0 Å². The zero-order valence-corrected chi connectivity index (χ0v) is 14.6. The maximum absolute atomic E-state index is 13.8. The molecule has 1 N–H and O–H groups in total. The molecule has 2 fully saturated rings. The van der Waals surface area contributed by atoms with Gasteiger partial charge in [-0.05, 0) is 43.5 Å². The number of carbonyl (C=O) groups is 1. The summed E-state index contributed by atoms with van der Waals surface area (Å²) in [6.07, 6.45) is 3.94. The Morgan fingerprint density at radius 3 is 2.72 bits per heavy atom. The summed E-state index contributed by atoms with van der Waals surface area (Å²) < 4.78 is 13.8. The highest BCUT2D eigenvalue weighted by molar-refractivity contribution is 5.74. The maximum atomic E-state index is 13.8. The normalized spacial score (nSPS) is 18.6. The number of hydrogen-bond donors (Lipinski definition) is 1. The van der Waals surface area contributed by atoms with Gasteiger partial charge in [-0.15, -0.1) is 0 Å². The SMILES string of the molecule is CC(=O)N1CC2(CC(Nc3ccnc(-c4ccc(C)c(F)c4)c3)C2)C1. The van der Waals surface area contributed by atoms with E-state index in [4.69, 9.17) is 0 Å². The fourth-order valence-corrected chi connectivity index (χ4v) is 4.00. The Morgan fingerprint density at radius 1 is 1.28 bits per heavy atom. The molecule has 1 aliphatic heterocycles. The van der Waals surface area contributed by atoms with Crippen molar-refractivity contribution in [3.8, 4) is 11.3 Å². The fraction of sp³-hybridized carbons (Fsp3) is 0.400. The molecule has 2 aromatic rings. The highest BCUT2D eigenvalue weighted by Crippen LogP contribution is 2.49. The third-order valence-electron chi connectivity index (χ3n) is 5.46. The van der Waals surface area contributed by atoms with Crippen LogP contribution in [0.4, 0.5) is 10.1 Å². The summed E-state index contributed by atoms with van der Waals surface area (Å²) in [6.45, 7) is 5.17. The first-order valence-electron chi connectivity index (χ1n) is 8.69. The quantitative estimate of drug-likeness (QED) is 0.929. The first kappa shape index (κ1) is 16.1. The van der Waals surface area contributed by atoms with Crippen molar-refractivity contribution in [2.45, 2.75) is 32.7 Å². The number of carbonyl (C=O) groups excluding carboxylic acids is 1. The van der Waals surface area contributed by atoms with Crippen LogP contribution in [0.25, 0.3) is 11.3 Å². The maximum Gasteiger partial charge on any atom is 0.219 e. The van der Waals surface area contributed by atoms with Gasteiger partial charge in [0, 0.05) is 48.9 Å². The molecule has 1 amide bonds. The first-order chi connectivity index (χ1) is 11.9. The van der Waals surface area contributed by atoms with E-state index in [2.05, 4.69) is 10.3 Å². The Labute approximate surface area is 147 Å². The monoisotopic (exact) mass is 339 g/mol. The smallest absolute Gasteiger partial charge is 0.219 e. The Balaban J connectivity index is 1.40. The molecule has 5 heteroatoms. The van der Waals surface area contributed by atoms with Gasteiger partial charge in [-0.1, -0.05) is 12.1 Å². The summed E-state index contributed by atoms with van der Waals surface area (Å²) in [5.41, 5.74) is 3.53. The lowest BCUT2D eigenvalue weighted by molar-refractivity contribution is -0.147. The van der Waals surface area contributed by atoms with E-state index in [-0.39, 0.29) is 11.7 Å². The van der Waals surface area contributed by atoms with Crippen molar-refractivity contribution in [2.24, 2.45) is 5.41 Å². The fourth-order valence-electron chi connectivity index (χ4n) is 4.00. The topological polar surface area (TPSA) is 45.2 Å². The number of anilines is 1. The molecular formula is C20H22FN3O. The molecule has 0 unspecified atom stereocenters. The van der Waals surface area contributed by atoms with Gasteiger partial charge >= 0.3 is 0 Å². The molecule has 25 heavy (non-hydrogen) atoms. The second kappa shape index (κ2) is 5.83. The van der Waals surface area contributed by atoms with Crippen LogP contribution in [-0.2, 0) is 4.79 Å². The molecule has 1 saturated heterocycles. The molecule has 0 atom stereocenters. The molecule has 1 saturated carbocycles. The predicted octanol–water partition coefficient (Wildman–Crippen LogP) is 3.62. The third-order valence-corrected chi connectivity index (χ3v) is 5.46. The zero-order chi connectivity index (χ0) is 17.6. The van der Waals surface area contributed by atoms with Crippen molar-refractivity contribution < 1.29 is 9.18 Å². The largest absolute Gasteiger partial charge is 0.382 e. The highest BCUT2D eigenvalue weighted by atomic mass is 19.1. The van der Waals surface area contributed by atoms with E-state index >= 15 is 0 Å². The van der Waals surface area contributed by atoms with Crippen molar-refractivity contribution in [1.82, 2.24) is 9.88 Å². The van der Waals surface area contributed by atoms with E-state index in [9.17, 15) is 9.18 Å². The van der Waals surface area contributed by atoms with E-state index in [1.807, 2.05) is 23.1 Å². The summed E-state index contributed by atoms with van der Waals surface area (Å²) in [5, 5.41) is 3.54.